The van der Waals surface area contributed by atoms with E-state index in [4.69, 9.17) is 0 Å². The minimum Gasteiger partial charge on any atom is -0.480 e. The lowest BCUT2D eigenvalue weighted by molar-refractivity contribution is -0.146. The van der Waals surface area contributed by atoms with Crippen molar-refractivity contribution in [3.05, 3.63) is 0 Å². The Morgan fingerprint density at radius 1 is 1.29 bits per heavy atom. The molecule has 0 aromatic rings. The van der Waals surface area contributed by atoms with Crippen molar-refractivity contribution >= 4 is 5.97 Å². The Bertz CT molecular complexity index is 361. The first kappa shape index (κ1) is 16.8. The number of hydrogen-bond donors (Lipinski definition) is 2. The summed E-state index contributed by atoms with van der Waals surface area (Å²) in [6.07, 6.45) is 9.20. The molecule has 2 rings (SSSR count). The number of likely N-dealkylation sites (N-methyl/N-ethyl adjacent to an activating group) is 1. The van der Waals surface area contributed by atoms with Gasteiger partial charge in [0.05, 0.1) is 0 Å². The number of nitrogens with zero attached hydrogens (tertiary/aromatic N) is 1. The second kappa shape index (κ2) is 7.10. The minimum atomic E-state index is -0.682. The molecular weight excluding hydrogens is 264 g/mol. The van der Waals surface area contributed by atoms with Gasteiger partial charge in [0.25, 0.3) is 0 Å². The zero-order valence-corrected chi connectivity index (χ0v) is 13.9. The maximum absolute atomic E-state index is 11.7. The minimum absolute atomic E-state index is 0.265. The van der Waals surface area contributed by atoms with Crippen molar-refractivity contribution in [3.8, 4) is 0 Å². The van der Waals surface area contributed by atoms with Crippen molar-refractivity contribution in [1.82, 2.24) is 10.2 Å². The molecule has 2 aliphatic carbocycles. The predicted octanol–water partition coefficient (Wildman–Crippen LogP) is 2.73. The van der Waals surface area contributed by atoms with E-state index < -0.39 is 11.5 Å². The van der Waals surface area contributed by atoms with Crippen molar-refractivity contribution in [2.24, 2.45) is 11.8 Å². The Balaban J connectivity index is 1.91. The third-order valence-electron chi connectivity index (χ3n) is 6.11. The highest BCUT2D eigenvalue weighted by Gasteiger charge is 2.47. The number of carbonyl (C=O) groups is 1. The molecule has 0 heterocycles. The summed E-state index contributed by atoms with van der Waals surface area (Å²) in [5.74, 6) is 0.378. The van der Waals surface area contributed by atoms with Crippen LogP contribution in [0.3, 0.4) is 0 Å². The summed E-state index contributed by atoms with van der Waals surface area (Å²) in [7, 11) is 4.03. The zero-order chi connectivity index (χ0) is 15.5. The molecule has 4 unspecified atom stereocenters. The summed E-state index contributed by atoms with van der Waals surface area (Å²) in [6, 6.07) is 0.689. The Labute approximate surface area is 129 Å². The van der Waals surface area contributed by atoms with Crippen LogP contribution in [0, 0.1) is 11.8 Å². The fourth-order valence-corrected chi connectivity index (χ4v) is 4.66. The molecule has 4 atom stereocenters. The van der Waals surface area contributed by atoms with Crippen molar-refractivity contribution in [3.63, 3.8) is 0 Å². The molecule has 122 valence electrons. The predicted molar refractivity (Wildman–Crippen MR) is 85.4 cm³/mol. The standard InChI is InChI=1S/C17H32N2O2/c1-13-7-4-5-9-15(13)19(3)12-10-14-8-6-11-17(14,18-2)16(20)21/h13-15,18H,4-12H2,1-3H3,(H,20,21). The van der Waals surface area contributed by atoms with Crippen LogP contribution in [0.25, 0.3) is 0 Å². The van der Waals surface area contributed by atoms with Crippen molar-refractivity contribution in [1.29, 1.82) is 0 Å². The highest BCUT2D eigenvalue weighted by atomic mass is 16.4. The maximum atomic E-state index is 11.7. The number of carboxylic acids is 1. The molecule has 2 fully saturated rings. The van der Waals surface area contributed by atoms with E-state index in [1.807, 2.05) is 0 Å². The summed E-state index contributed by atoms with van der Waals surface area (Å²) in [6.45, 7) is 3.39. The lowest BCUT2D eigenvalue weighted by atomic mass is 9.83. The molecule has 0 aromatic carbocycles. The van der Waals surface area contributed by atoms with E-state index in [0.29, 0.717) is 6.04 Å². The Kier molecular flexibility index (Phi) is 5.67. The lowest BCUT2D eigenvalue weighted by Crippen LogP contribution is -2.54. The number of rotatable bonds is 6. The van der Waals surface area contributed by atoms with Gasteiger partial charge in [0, 0.05) is 6.04 Å². The van der Waals surface area contributed by atoms with Gasteiger partial charge in [-0.25, -0.2) is 0 Å². The highest BCUT2D eigenvalue weighted by molar-refractivity contribution is 5.79. The molecule has 21 heavy (non-hydrogen) atoms. The van der Waals surface area contributed by atoms with Crippen LogP contribution in [0.5, 0.6) is 0 Å². The van der Waals surface area contributed by atoms with Gasteiger partial charge >= 0.3 is 5.97 Å². The van der Waals surface area contributed by atoms with Gasteiger partial charge in [-0.15, -0.1) is 0 Å². The van der Waals surface area contributed by atoms with Crippen LogP contribution in [-0.4, -0.2) is 48.2 Å². The maximum Gasteiger partial charge on any atom is 0.324 e. The molecule has 0 radical (unpaired) electrons. The number of nitrogens with one attached hydrogen (secondary N) is 1. The first-order chi connectivity index (χ1) is 10.0. The third-order valence-corrected chi connectivity index (χ3v) is 6.11. The summed E-state index contributed by atoms with van der Waals surface area (Å²) >= 11 is 0. The molecule has 0 aromatic heterocycles. The molecule has 4 heteroatoms. The Morgan fingerprint density at radius 2 is 2.00 bits per heavy atom. The van der Waals surface area contributed by atoms with Gasteiger partial charge in [0.15, 0.2) is 0 Å². The van der Waals surface area contributed by atoms with Gasteiger partial charge in [0.1, 0.15) is 5.54 Å². The van der Waals surface area contributed by atoms with Gasteiger partial charge in [0.2, 0.25) is 0 Å². The van der Waals surface area contributed by atoms with E-state index in [9.17, 15) is 9.90 Å². The second-order valence-corrected chi connectivity index (χ2v) is 7.21. The molecule has 4 nitrogen and oxygen atoms in total. The quantitative estimate of drug-likeness (QED) is 0.791. The third kappa shape index (κ3) is 3.42. The fourth-order valence-electron chi connectivity index (χ4n) is 4.66. The molecule has 0 bridgehead atoms. The van der Waals surface area contributed by atoms with Gasteiger partial charge in [-0.1, -0.05) is 26.2 Å². The monoisotopic (exact) mass is 296 g/mol. The normalized spacial score (nSPS) is 37.0. The van der Waals surface area contributed by atoms with Crippen molar-refractivity contribution in [2.45, 2.75) is 69.9 Å². The van der Waals surface area contributed by atoms with Crippen molar-refractivity contribution in [2.75, 3.05) is 20.6 Å². The van der Waals surface area contributed by atoms with Crippen LogP contribution >= 0.6 is 0 Å². The largest absolute Gasteiger partial charge is 0.480 e. The molecule has 0 spiro atoms. The SMILES string of the molecule is CNC1(C(=O)O)CCCC1CCN(C)C1CCCCC1C. The first-order valence-corrected chi connectivity index (χ1v) is 8.64. The summed E-state index contributed by atoms with van der Waals surface area (Å²) < 4.78 is 0. The summed E-state index contributed by atoms with van der Waals surface area (Å²) in [5.41, 5.74) is -0.682. The lowest BCUT2D eigenvalue weighted by Gasteiger charge is -2.38. The molecule has 0 aliphatic heterocycles. The molecule has 2 saturated carbocycles. The smallest absolute Gasteiger partial charge is 0.324 e. The van der Waals surface area contributed by atoms with Gasteiger partial charge in [-0.2, -0.15) is 0 Å². The van der Waals surface area contributed by atoms with E-state index in [-0.39, 0.29) is 5.92 Å². The Morgan fingerprint density at radius 3 is 2.62 bits per heavy atom. The average Bonchev–Trinajstić information content (AvgIpc) is 2.89. The van der Waals surface area contributed by atoms with Crippen molar-refractivity contribution < 1.29 is 9.90 Å². The van der Waals surface area contributed by atoms with Crippen LogP contribution in [0.2, 0.25) is 0 Å². The van der Waals surface area contributed by atoms with Gasteiger partial charge in [-0.05, 0) is 64.6 Å². The second-order valence-electron chi connectivity index (χ2n) is 7.21. The highest BCUT2D eigenvalue weighted by Crippen LogP contribution is 2.38. The van der Waals surface area contributed by atoms with Crippen LogP contribution in [0.1, 0.15) is 58.3 Å². The number of aliphatic carboxylic acids is 1. The van der Waals surface area contributed by atoms with Gasteiger partial charge in [-0.3, -0.25) is 4.79 Å². The van der Waals surface area contributed by atoms with E-state index in [1.165, 1.54) is 25.7 Å². The molecule has 2 N–H and O–H groups in total. The number of hydrogen-bond acceptors (Lipinski definition) is 3. The fraction of sp³-hybridized carbons (Fsp3) is 0.941. The molecule has 0 amide bonds. The summed E-state index contributed by atoms with van der Waals surface area (Å²) in [4.78, 5) is 14.2. The van der Waals surface area contributed by atoms with Gasteiger partial charge < -0.3 is 15.3 Å². The molecular formula is C17H32N2O2. The average molecular weight is 296 g/mol. The van der Waals surface area contributed by atoms with E-state index in [0.717, 1.165) is 38.1 Å². The van der Waals surface area contributed by atoms with Crippen LogP contribution in [0.15, 0.2) is 0 Å². The molecule has 0 saturated heterocycles. The van der Waals surface area contributed by atoms with Crippen LogP contribution in [-0.2, 0) is 4.79 Å². The topological polar surface area (TPSA) is 52.6 Å². The first-order valence-electron chi connectivity index (χ1n) is 8.64. The Hall–Kier alpha value is -0.610. The van der Waals surface area contributed by atoms with E-state index in [1.54, 1.807) is 7.05 Å². The molecule has 2 aliphatic rings. The van der Waals surface area contributed by atoms with Crippen LogP contribution in [0.4, 0.5) is 0 Å². The van der Waals surface area contributed by atoms with E-state index >= 15 is 0 Å². The van der Waals surface area contributed by atoms with Crippen LogP contribution < -0.4 is 5.32 Å². The summed E-state index contributed by atoms with van der Waals surface area (Å²) in [5, 5.41) is 12.7. The zero-order valence-electron chi connectivity index (χ0n) is 13.9. The number of carboxylic acid groups (broad SMARTS) is 1. The van der Waals surface area contributed by atoms with E-state index in [2.05, 4.69) is 24.2 Å².